The Hall–Kier alpha value is -0.120. The molecule has 1 aliphatic carbocycles. The van der Waals surface area contributed by atoms with Crippen molar-refractivity contribution in [2.45, 2.75) is 50.5 Å². The molecule has 88 valence electrons. The zero-order valence-electron chi connectivity index (χ0n) is 9.47. The predicted octanol–water partition coefficient (Wildman–Crippen LogP) is 1.04. The van der Waals surface area contributed by atoms with Gasteiger partial charge >= 0.3 is 0 Å². The van der Waals surface area contributed by atoms with Gasteiger partial charge in [0.15, 0.2) is 0 Å². The van der Waals surface area contributed by atoms with Crippen molar-refractivity contribution in [1.82, 2.24) is 5.32 Å². The van der Waals surface area contributed by atoms with Crippen LogP contribution in [0.15, 0.2) is 0 Å². The second-order valence-corrected chi connectivity index (χ2v) is 5.28. The molecular weight excluding hydrogens is 190 g/mol. The highest BCUT2D eigenvalue weighted by Gasteiger charge is 2.50. The third kappa shape index (κ3) is 1.93. The third-order valence-corrected chi connectivity index (χ3v) is 4.53. The molecule has 0 aromatic rings. The summed E-state index contributed by atoms with van der Waals surface area (Å²) in [5, 5.41) is 23.7. The largest absolute Gasteiger partial charge is 0.396 e. The predicted molar refractivity (Wildman–Crippen MR) is 59.7 cm³/mol. The summed E-state index contributed by atoms with van der Waals surface area (Å²) >= 11 is 0. The number of aliphatic hydroxyl groups excluding tert-OH is 1. The maximum Gasteiger partial charge on any atom is 0.0749 e. The fraction of sp³-hybridized carbons (Fsp3) is 1.00. The molecule has 1 saturated carbocycles. The minimum atomic E-state index is -0.618. The number of hydrogen-bond donors (Lipinski definition) is 3. The van der Waals surface area contributed by atoms with Crippen LogP contribution >= 0.6 is 0 Å². The molecule has 0 unspecified atom stereocenters. The first kappa shape index (κ1) is 11.4. The van der Waals surface area contributed by atoms with E-state index >= 15 is 0 Å². The van der Waals surface area contributed by atoms with Crippen LogP contribution in [0.5, 0.6) is 0 Å². The molecule has 3 nitrogen and oxygen atoms in total. The van der Waals surface area contributed by atoms with Gasteiger partial charge in [-0.05, 0) is 38.8 Å². The summed E-state index contributed by atoms with van der Waals surface area (Å²) in [6.07, 6.45) is 7.18. The molecule has 0 radical (unpaired) electrons. The smallest absolute Gasteiger partial charge is 0.0749 e. The van der Waals surface area contributed by atoms with Gasteiger partial charge in [-0.2, -0.15) is 0 Å². The molecule has 1 saturated heterocycles. The number of hydrogen-bond acceptors (Lipinski definition) is 3. The number of nitrogens with one attached hydrogen (secondary N) is 1. The highest BCUT2D eigenvalue weighted by molar-refractivity contribution is 5.02. The Morgan fingerprint density at radius 2 is 1.53 bits per heavy atom. The van der Waals surface area contributed by atoms with Crippen molar-refractivity contribution >= 4 is 0 Å². The Labute approximate surface area is 91.9 Å². The minimum Gasteiger partial charge on any atom is -0.396 e. The molecule has 1 heterocycles. The van der Waals surface area contributed by atoms with Gasteiger partial charge in [-0.15, -0.1) is 0 Å². The zero-order valence-corrected chi connectivity index (χ0v) is 9.47. The van der Waals surface area contributed by atoms with E-state index < -0.39 is 5.60 Å². The molecule has 0 aromatic heterocycles. The van der Waals surface area contributed by atoms with Crippen LogP contribution in [-0.2, 0) is 0 Å². The first-order valence-electron chi connectivity index (χ1n) is 6.26. The summed E-state index contributed by atoms with van der Waals surface area (Å²) in [6, 6.07) is 0. The summed E-state index contributed by atoms with van der Waals surface area (Å²) < 4.78 is 0. The molecule has 0 aromatic carbocycles. The van der Waals surface area contributed by atoms with Gasteiger partial charge in [-0.1, -0.05) is 19.3 Å². The fourth-order valence-corrected chi connectivity index (χ4v) is 3.37. The SMILES string of the molecule is OCC1(C2(O)CCNCC2)CCCCC1. The third-order valence-electron chi connectivity index (χ3n) is 4.53. The van der Waals surface area contributed by atoms with E-state index in [9.17, 15) is 10.2 Å². The van der Waals surface area contributed by atoms with Crippen LogP contribution in [0.3, 0.4) is 0 Å². The molecule has 2 aliphatic rings. The van der Waals surface area contributed by atoms with E-state index in [0.717, 1.165) is 51.6 Å². The maximum atomic E-state index is 10.7. The van der Waals surface area contributed by atoms with E-state index in [0.29, 0.717) is 0 Å². The van der Waals surface area contributed by atoms with E-state index in [-0.39, 0.29) is 12.0 Å². The zero-order chi connectivity index (χ0) is 10.8. The Kier molecular flexibility index (Phi) is 3.33. The van der Waals surface area contributed by atoms with Crippen molar-refractivity contribution in [1.29, 1.82) is 0 Å². The van der Waals surface area contributed by atoms with Crippen molar-refractivity contribution in [2.24, 2.45) is 5.41 Å². The van der Waals surface area contributed by atoms with Crippen molar-refractivity contribution in [3.63, 3.8) is 0 Å². The standard InChI is InChI=1S/C12H23NO2/c14-10-11(4-2-1-3-5-11)12(15)6-8-13-9-7-12/h13-15H,1-10H2. The van der Waals surface area contributed by atoms with E-state index in [1.807, 2.05) is 0 Å². The Bertz CT molecular complexity index is 206. The van der Waals surface area contributed by atoms with Gasteiger partial charge < -0.3 is 15.5 Å². The molecule has 0 spiro atoms. The monoisotopic (exact) mass is 213 g/mol. The molecule has 15 heavy (non-hydrogen) atoms. The van der Waals surface area contributed by atoms with Crippen LogP contribution in [0.4, 0.5) is 0 Å². The summed E-state index contributed by atoms with van der Waals surface area (Å²) in [6.45, 7) is 1.93. The van der Waals surface area contributed by atoms with Gasteiger partial charge in [0.1, 0.15) is 0 Å². The first-order chi connectivity index (χ1) is 7.22. The van der Waals surface area contributed by atoms with Gasteiger partial charge in [0.05, 0.1) is 12.2 Å². The molecule has 0 bridgehead atoms. The fourth-order valence-electron chi connectivity index (χ4n) is 3.37. The summed E-state index contributed by atoms with van der Waals surface area (Å²) in [5.41, 5.74) is -0.819. The van der Waals surface area contributed by atoms with Crippen molar-refractivity contribution in [3.05, 3.63) is 0 Å². The maximum absolute atomic E-state index is 10.7. The number of rotatable bonds is 2. The lowest BCUT2D eigenvalue weighted by Crippen LogP contribution is -2.56. The van der Waals surface area contributed by atoms with Gasteiger partial charge in [0, 0.05) is 5.41 Å². The molecule has 3 N–H and O–H groups in total. The topological polar surface area (TPSA) is 52.5 Å². The summed E-state index contributed by atoms with van der Waals surface area (Å²) in [7, 11) is 0. The number of aliphatic hydroxyl groups is 2. The molecule has 2 rings (SSSR count). The quantitative estimate of drug-likeness (QED) is 0.642. The Balaban J connectivity index is 2.15. The van der Waals surface area contributed by atoms with Crippen molar-refractivity contribution < 1.29 is 10.2 Å². The molecular formula is C12H23NO2. The molecule has 0 atom stereocenters. The Morgan fingerprint density at radius 3 is 2.07 bits per heavy atom. The molecule has 0 amide bonds. The summed E-state index contributed by atoms with van der Waals surface area (Å²) in [4.78, 5) is 0. The van der Waals surface area contributed by atoms with Crippen LogP contribution in [-0.4, -0.2) is 35.5 Å². The highest BCUT2D eigenvalue weighted by atomic mass is 16.3. The van der Waals surface area contributed by atoms with E-state index in [1.165, 1.54) is 6.42 Å². The van der Waals surface area contributed by atoms with Crippen LogP contribution < -0.4 is 5.32 Å². The second-order valence-electron chi connectivity index (χ2n) is 5.28. The van der Waals surface area contributed by atoms with Crippen molar-refractivity contribution in [3.8, 4) is 0 Å². The van der Waals surface area contributed by atoms with Crippen LogP contribution in [0.1, 0.15) is 44.9 Å². The van der Waals surface area contributed by atoms with Crippen LogP contribution in [0.25, 0.3) is 0 Å². The highest BCUT2D eigenvalue weighted by Crippen LogP contribution is 2.48. The van der Waals surface area contributed by atoms with Gasteiger partial charge in [-0.3, -0.25) is 0 Å². The molecule has 2 fully saturated rings. The lowest BCUT2D eigenvalue weighted by Gasteiger charge is -2.50. The number of piperidine rings is 1. The van der Waals surface area contributed by atoms with E-state index in [1.54, 1.807) is 0 Å². The molecule has 3 heteroatoms. The van der Waals surface area contributed by atoms with Crippen LogP contribution in [0.2, 0.25) is 0 Å². The van der Waals surface area contributed by atoms with Gasteiger partial charge in [-0.25, -0.2) is 0 Å². The summed E-state index contributed by atoms with van der Waals surface area (Å²) in [5.74, 6) is 0. The lowest BCUT2D eigenvalue weighted by molar-refractivity contribution is -0.142. The second kappa shape index (κ2) is 4.40. The average Bonchev–Trinajstić information content (AvgIpc) is 2.31. The lowest BCUT2D eigenvalue weighted by atomic mass is 9.60. The van der Waals surface area contributed by atoms with Gasteiger partial charge in [0.2, 0.25) is 0 Å². The Morgan fingerprint density at radius 1 is 0.933 bits per heavy atom. The minimum absolute atomic E-state index is 0.156. The van der Waals surface area contributed by atoms with Crippen LogP contribution in [0, 0.1) is 5.41 Å². The average molecular weight is 213 g/mol. The normalized spacial score (nSPS) is 30.0. The van der Waals surface area contributed by atoms with E-state index in [2.05, 4.69) is 5.32 Å². The van der Waals surface area contributed by atoms with Gasteiger partial charge in [0.25, 0.3) is 0 Å². The first-order valence-corrected chi connectivity index (χ1v) is 6.26. The van der Waals surface area contributed by atoms with Crippen molar-refractivity contribution in [2.75, 3.05) is 19.7 Å². The van der Waals surface area contributed by atoms with E-state index in [4.69, 9.17) is 0 Å². The molecule has 1 aliphatic heterocycles.